The number of nitrogens with one attached hydrogen (secondary N) is 1. The molecule has 0 saturated carbocycles. The van der Waals surface area contributed by atoms with Gasteiger partial charge in [0.1, 0.15) is 51.8 Å². The van der Waals surface area contributed by atoms with Crippen molar-refractivity contribution in [2.75, 3.05) is 26.2 Å². The Kier molecular flexibility index (Phi) is 18.7. The molecule has 1 N–H and O–H groups in total. The number of hydrogen-bond acceptors (Lipinski definition) is 16. The summed E-state index contributed by atoms with van der Waals surface area (Å²) in [6.07, 6.45) is 5.46. The summed E-state index contributed by atoms with van der Waals surface area (Å²) in [6, 6.07) is 20.6. The number of carbonyl (C=O) groups is 2. The van der Waals surface area contributed by atoms with Crippen molar-refractivity contribution in [1.82, 2.24) is 99.0 Å². The van der Waals surface area contributed by atoms with Crippen molar-refractivity contribution in [2.24, 2.45) is 0 Å². The highest BCUT2D eigenvalue weighted by atomic mass is 19.2. The number of ether oxygens (including phenoxy) is 2. The summed E-state index contributed by atoms with van der Waals surface area (Å²) in [5.74, 6) is -1.62. The van der Waals surface area contributed by atoms with Crippen molar-refractivity contribution in [3.05, 3.63) is 162 Å². The normalized spacial score (nSPS) is 15.0. The molecule has 2 saturated heterocycles. The van der Waals surface area contributed by atoms with E-state index in [1.54, 1.807) is 87.7 Å². The van der Waals surface area contributed by atoms with E-state index in [0.717, 1.165) is 24.0 Å². The summed E-state index contributed by atoms with van der Waals surface area (Å²) in [5, 5.41) is 55.2. The third-order valence-corrected chi connectivity index (χ3v) is 16.3. The van der Waals surface area contributed by atoms with Crippen LogP contribution < -0.4 is 0 Å². The highest BCUT2D eigenvalue weighted by molar-refractivity contribution is 5.82. The molecule has 99 heavy (non-hydrogen) atoms. The van der Waals surface area contributed by atoms with Gasteiger partial charge in [0.25, 0.3) is 0 Å². The first-order valence-corrected chi connectivity index (χ1v) is 32.3. The lowest BCUT2D eigenvalue weighted by Gasteiger charge is -2.24. The Morgan fingerprint density at radius 1 is 0.485 bits per heavy atom. The summed E-state index contributed by atoms with van der Waals surface area (Å²) in [7, 11) is 0. The molecule has 514 valence electrons. The van der Waals surface area contributed by atoms with Gasteiger partial charge in [-0.3, -0.25) is 14.5 Å². The van der Waals surface area contributed by atoms with Crippen LogP contribution in [0.5, 0.6) is 0 Å². The summed E-state index contributed by atoms with van der Waals surface area (Å²) in [5.41, 5.74) is 5.84. The van der Waals surface area contributed by atoms with Gasteiger partial charge in [-0.15, -0.1) is 30.6 Å². The average molecular weight is 1360 g/mol. The van der Waals surface area contributed by atoms with E-state index in [0.29, 0.717) is 118 Å². The van der Waals surface area contributed by atoms with Gasteiger partial charge in [-0.05, 0) is 127 Å². The van der Waals surface area contributed by atoms with E-state index in [9.17, 15) is 31.5 Å². The first-order chi connectivity index (χ1) is 47.1. The molecule has 24 nitrogen and oxygen atoms in total. The second kappa shape index (κ2) is 27.2. The third kappa shape index (κ3) is 14.4. The lowest BCUT2D eigenvalue weighted by Crippen LogP contribution is -2.35. The van der Waals surface area contributed by atoms with Crippen LogP contribution in [0.25, 0.3) is 84.5 Å². The number of benzene rings is 3. The Morgan fingerprint density at radius 2 is 0.909 bits per heavy atom. The molecule has 30 heteroatoms. The van der Waals surface area contributed by atoms with Crippen LogP contribution >= 0.6 is 0 Å². The number of likely N-dealkylation sites (tertiary alicyclic amines) is 2. The van der Waals surface area contributed by atoms with E-state index in [2.05, 4.69) is 51.0 Å². The molecule has 2 fully saturated rings. The predicted octanol–water partition coefficient (Wildman–Crippen LogP) is 14.1. The van der Waals surface area contributed by atoms with E-state index in [-0.39, 0.29) is 52.6 Å². The van der Waals surface area contributed by atoms with Gasteiger partial charge in [0.05, 0.1) is 52.9 Å². The highest BCUT2D eigenvalue weighted by Gasteiger charge is 2.36. The van der Waals surface area contributed by atoms with Crippen LogP contribution in [0.4, 0.5) is 35.9 Å². The van der Waals surface area contributed by atoms with Gasteiger partial charge >= 0.3 is 12.2 Å². The van der Waals surface area contributed by atoms with Crippen LogP contribution in [0.1, 0.15) is 143 Å². The van der Waals surface area contributed by atoms with Gasteiger partial charge in [0.2, 0.25) is 0 Å². The minimum absolute atomic E-state index is 0.0896. The van der Waals surface area contributed by atoms with E-state index in [1.165, 1.54) is 36.4 Å². The molecule has 3 aromatic carbocycles. The fraction of sp³-hybridized carbons (Fsp3) is 0.362. The zero-order valence-electron chi connectivity index (χ0n) is 56.4. The average Bonchev–Trinajstić information content (AvgIpc) is 1.63. The van der Waals surface area contributed by atoms with Crippen LogP contribution in [-0.2, 0) is 9.47 Å². The number of amides is 2. The Balaban J connectivity index is 0.000000144. The van der Waals surface area contributed by atoms with Crippen molar-refractivity contribution >= 4 is 29.1 Å². The molecule has 9 aromatic heterocycles. The Labute approximate surface area is 564 Å². The van der Waals surface area contributed by atoms with Crippen molar-refractivity contribution in [2.45, 2.75) is 137 Å². The maximum Gasteiger partial charge on any atom is 0.410 e. The van der Waals surface area contributed by atoms with Crippen molar-refractivity contribution in [3.63, 3.8) is 0 Å². The molecule has 11 heterocycles. The lowest BCUT2D eigenvalue weighted by molar-refractivity contribution is 0.0278. The number of halogens is 6. The molecule has 12 aromatic rings. The van der Waals surface area contributed by atoms with Crippen LogP contribution in [0.2, 0.25) is 0 Å². The SMILES string of the molecule is CC(C)c1nnc2ccc(-c3cn(C4CCN(C(=O)OC(C)(C)C)C4)nc3-c3ccc(F)cc3F)nn12.CC(C)c1nnc2ccc(-c3cn[nH]c3-c3ccc(F)cc3F)nn12.CC(C)c1nnc2ccc(-c3cnn(C4CCN(C(=O)OC(C)(C)C)C4)c3-c3ccc(F)cc3F)nn12. The molecule has 2 atom stereocenters. The maximum atomic E-state index is 15.1. The summed E-state index contributed by atoms with van der Waals surface area (Å²) < 4.78 is 104. The number of nitrogens with zero attached hydrogens (tertiary/aromatic N) is 19. The minimum atomic E-state index is -0.721. The fourth-order valence-electron chi connectivity index (χ4n) is 11.6. The Morgan fingerprint density at radius 3 is 1.36 bits per heavy atom. The topological polar surface area (TPSA) is 253 Å². The smallest absolute Gasteiger partial charge is 0.410 e. The number of carbonyl (C=O) groups excluding carboxylic acids is 2. The standard InChI is InChI=1S/2C26H29F2N7O2.C17H14F2N6/c1-15(2)24-31-30-22-9-8-21(32-35(22)24)19-13-29-34(23(19)18-7-6-16(27)12-20(18)28)17-10-11-33(14-17)25(36)37-26(3,4)5;1-15(2)24-30-29-22-9-8-21(31-35(22)24)19-14-34(32-23(19)18-7-6-16(27)12-20(18)28)17-10-11-33(13-17)25(36)37-26(3,4)5;1-9(2)17-23-21-15-6-5-14(24-25(15)17)12-8-20-22-16(12)11-4-3-10(18)7-13(11)19/h6-9,12-13,15,17H,10-11,14H2,1-5H3;6-9,12,14-15,17H,10-11,13H2,1-5H3;3-9H,1-2H3,(H,20,22). The van der Waals surface area contributed by atoms with Gasteiger partial charge in [-0.2, -0.15) is 44.1 Å². The number of H-pyrrole nitrogens is 1. The van der Waals surface area contributed by atoms with E-state index >= 15 is 4.39 Å². The predicted molar refractivity (Wildman–Crippen MR) is 354 cm³/mol. The van der Waals surface area contributed by atoms with Crippen molar-refractivity contribution in [3.8, 4) is 67.5 Å². The number of hydrogen-bond donors (Lipinski definition) is 1. The highest BCUT2D eigenvalue weighted by Crippen LogP contribution is 2.39. The second-order valence-corrected chi connectivity index (χ2v) is 27.1. The van der Waals surface area contributed by atoms with Gasteiger partial charge in [-0.1, -0.05) is 41.5 Å². The van der Waals surface area contributed by atoms with Gasteiger partial charge in [0, 0.05) is 102 Å². The van der Waals surface area contributed by atoms with Crippen LogP contribution in [0.3, 0.4) is 0 Å². The number of fused-ring (bicyclic) bond motifs is 3. The number of aromatic amines is 1. The molecule has 2 aliphatic heterocycles. The monoisotopic (exact) mass is 1360 g/mol. The number of aromatic nitrogens is 18. The van der Waals surface area contributed by atoms with Gasteiger partial charge < -0.3 is 19.3 Å². The zero-order valence-corrected chi connectivity index (χ0v) is 56.4. The molecule has 2 aliphatic rings. The van der Waals surface area contributed by atoms with Crippen LogP contribution in [-0.4, -0.2) is 149 Å². The third-order valence-electron chi connectivity index (χ3n) is 16.3. The zero-order chi connectivity index (χ0) is 70.5. The fourth-order valence-corrected chi connectivity index (χ4v) is 11.6. The molecule has 2 amide bonds. The molecule has 0 spiro atoms. The molecular weight excluding hydrogens is 1290 g/mol. The Bertz CT molecular complexity index is 4900. The molecule has 2 unspecified atom stereocenters. The van der Waals surface area contributed by atoms with Gasteiger partial charge in [-0.25, -0.2) is 35.9 Å². The van der Waals surface area contributed by atoms with E-state index in [4.69, 9.17) is 24.8 Å². The molecule has 0 aliphatic carbocycles. The summed E-state index contributed by atoms with van der Waals surface area (Å²) in [4.78, 5) is 28.5. The van der Waals surface area contributed by atoms with E-state index < -0.39 is 52.2 Å². The molecular formula is C69H72F6N20O4. The van der Waals surface area contributed by atoms with Crippen LogP contribution in [0, 0.1) is 34.9 Å². The van der Waals surface area contributed by atoms with Crippen LogP contribution in [0.15, 0.2) is 110 Å². The second-order valence-electron chi connectivity index (χ2n) is 27.1. The lowest BCUT2D eigenvalue weighted by atomic mass is 10.0. The van der Waals surface area contributed by atoms with E-state index in [1.807, 2.05) is 83.1 Å². The molecule has 0 bridgehead atoms. The quantitative estimate of drug-likeness (QED) is 0.118. The summed E-state index contributed by atoms with van der Waals surface area (Å²) in [6.45, 7) is 24.7. The van der Waals surface area contributed by atoms with Gasteiger partial charge in [0.15, 0.2) is 34.4 Å². The first-order valence-electron chi connectivity index (χ1n) is 32.3. The maximum absolute atomic E-state index is 15.1. The van der Waals surface area contributed by atoms with Crippen molar-refractivity contribution < 1.29 is 45.4 Å². The van der Waals surface area contributed by atoms with Crippen molar-refractivity contribution in [1.29, 1.82) is 0 Å². The summed E-state index contributed by atoms with van der Waals surface area (Å²) >= 11 is 0. The molecule has 14 rings (SSSR count). The number of rotatable bonds is 11. The largest absolute Gasteiger partial charge is 0.444 e. The Hall–Kier alpha value is -10.9. The molecule has 0 radical (unpaired) electrons. The minimum Gasteiger partial charge on any atom is -0.444 e. The first kappa shape index (κ1) is 68.0.